The van der Waals surface area contributed by atoms with E-state index >= 15 is 0 Å². The molecule has 1 aliphatic heterocycles. The molecule has 1 aromatic carbocycles. The summed E-state index contributed by atoms with van der Waals surface area (Å²) in [6.07, 6.45) is 5.41. The van der Waals surface area contributed by atoms with E-state index in [-0.39, 0.29) is 5.66 Å². The van der Waals surface area contributed by atoms with Crippen molar-refractivity contribution >= 4 is 28.5 Å². The maximum absolute atomic E-state index is 6.32. The quantitative estimate of drug-likeness (QED) is 0.882. The summed E-state index contributed by atoms with van der Waals surface area (Å²) in [7, 11) is 0. The normalized spacial score (nSPS) is 20.0. The molecule has 1 aromatic heterocycles. The second-order valence-corrected chi connectivity index (χ2v) is 7.09. The van der Waals surface area contributed by atoms with E-state index in [2.05, 4.69) is 52.6 Å². The fourth-order valence-corrected chi connectivity index (χ4v) is 4.45. The molecule has 1 aliphatic carbocycles. The zero-order valence-electron chi connectivity index (χ0n) is 15.0. The lowest BCUT2D eigenvalue weighted by atomic mass is 9.87. The Morgan fingerprint density at radius 3 is 2.60 bits per heavy atom. The van der Waals surface area contributed by atoms with Crippen molar-refractivity contribution in [3.8, 4) is 0 Å². The highest BCUT2D eigenvalue weighted by molar-refractivity contribution is 6.06. The summed E-state index contributed by atoms with van der Waals surface area (Å²) in [5, 5.41) is 1.22. The van der Waals surface area contributed by atoms with Gasteiger partial charge in [0.1, 0.15) is 5.66 Å². The Kier molecular flexibility index (Phi) is 3.71. The first-order valence-corrected chi connectivity index (χ1v) is 9.14. The van der Waals surface area contributed by atoms with Gasteiger partial charge in [-0.05, 0) is 63.8 Å². The van der Waals surface area contributed by atoms with Crippen molar-refractivity contribution in [3.05, 3.63) is 30.0 Å². The minimum Gasteiger partial charge on any atom is -0.369 e. The van der Waals surface area contributed by atoms with E-state index in [1.807, 2.05) is 0 Å². The molecular formula is C19H26N6. The van der Waals surface area contributed by atoms with Crippen molar-refractivity contribution in [2.45, 2.75) is 58.2 Å². The molecule has 0 unspecified atom stereocenters. The molecule has 0 amide bonds. The predicted octanol–water partition coefficient (Wildman–Crippen LogP) is 3.08. The van der Waals surface area contributed by atoms with Crippen LogP contribution in [0.5, 0.6) is 0 Å². The second-order valence-electron chi connectivity index (χ2n) is 7.09. The Labute approximate surface area is 148 Å². The van der Waals surface area contributed by atoms with Gasteiger partial charge in [-0.15, -0.1) is 0 Å². The first kappa shape index (κ1) is 16.0. The number of hydrogen-bond acceptors (Lipinski definition) is 5. The van der Waals surface area contributed by atoms with Crippen LogP contribution in [0.4, 0.5) is 5.69 Å². The zero-order chi connectivity index (χ0) is 17.6. The third-order valence-corrected chi connectivity index (χ3v) is 5.52. The van der Waals surface area contributed by atoms with E-state index in [1.54, 1.807) is 0 Å². The molecule has 132 valence electrons. The first-order chi connectivity index (χ1) is 12.0. The van der Waals surface area contributed by atoms with Gasteiger partial charge in [0.15, 0.2) is 0 Å². The van der Waals surface area contributed by atoms with E-state index in [9.17, 15) is 0 Å². The van der Waals surface area contributed by atoms with Gasteiger partial charge in [0.2, 0.25) is 11.9 Å². The van der Waals surface area contributed by atoms with Crippen LogP contribution in [-0.4, -0.2) is 22.1 Å². The fraction of sp³-hybridized carbons (Fsp3) is 0.474. The third kappa shape index (κ3) is 2.47. The third-order valence-electron chi connectivity index (χ3n) is 5.52. The molecule has 4 rings (SSSR count). The number of aromatic nitrogens is 1. The van der Waals surface area contributed by atoms with Gasteiger partial charge in [-0.2, -0.15) is 4.99 Å². The smallest absolute Gasteiger partial charge is 0.220 e. The summed E-state index contributed by atoms with van der Waals surface area (Å²) in [5.74, 6) is 0.741. The SMILES string of the molecule is CCn1c(C)cc2cc(N3C(N)=NC(N)=NC34CCCCC4)ccc21. The van der Waals surface area contributed by atoms with Crippen LogP contribution >= 0.6 is 0 Å². The lowest BCUT2D eigenvalue weighted by Crippen LogP contribution is -2.58. The topological polar surface area (TPSA) is 84.9 Å². The summed E-state index contributed by atoms with van der Waals surface area (Å²) < 4.78 is 2.32. The average Bonchev–Trinajstić information content (AvgIpc) is 2.89. The Bertz CT molecular complexity index is 869. The van der Waals surface area contributed by atoms with Crippen LogP contribution in [0.15, 0.2) is 34.3 Å². The lowest BCUT2D eigenvalue weighted by Gasteiger charge is -2.45. The van der Waals surface area contributed by atoms with Crippen molar-refractivity contribution in [2.24, 2.45) is 21.5 Å². The molecule has 0 radical (unpaired) electrons. The van der Waals surface area contributed by atoms with Gasteiger partial charge in [-0.3, -0.25) is 4.90 Å². The van der Waals surface area contributed by atoms with Crippen molar-refractivity contribution in [1.29, 1.82) is 0 Å². The number of aliphatic imine (C=N–C) groups is 2. The first-order valence-electron chi connectivity index (χ1n) is 9.14. The Hall–Kier alpha value is -2.50. The summed E-state index contributed by atoms with van der Waals surface area (Å²) in [4.78, 5) is 11.1. The van der Waals surface area contributed by atoms with E-state index in [1.165, 1.54) is 23.0 Å². The van der Waals surface area contributed by atoms with Gasteiger partial charge in [-0.25, -0.2) is 4.99 Å². The number of fused-ring (bicyclic) bond motifs is 1. The van der Waals surface area contributed by atoms with Crippen molar-refractivity contribution < 1.29 is 0 Å². The molecule has 1 fully saturated rings. The number of guanidine groups is 2. The Balaban J connectivity index is 1.83. The van der Waals surface area contributed by atoms with E-state index < -0.39 is 0 Å². The van der Waals surface area contributed by atoms with Crippen LogP contribution < -0.4 is 16.4 Å². The molecule has 0 saturated heterocycles. The summed E-state index contributed by atoms with van der Waals surface area (Å²) in [6.45, 7) is 5.28. The average molecular weight is 338 g/mol. The molecule has 0 bridgehead atoms. The molecule has 6 heteroatoms. The molecule has 1 saturated carbocycles. The van der Waals surface area contributed by atoms with Crippen molar-refractivity contribution in [2.75, 3.05) is 4.90 Å². The fourth-order valence-electron chi connectivity index (χ4n) is 4.45. The van der Waals surface area contributed by atoms with Gasteiger partial charge in [0.25, 0.3) is 0 Å². The Morgan fingerprint density at radius 1 is 1.12 bits per heavy atom. The van der Waals surface area contributed by atoms with Crippen LogP contribution in [0.1, 0.15) is 44.7 Å². The molecule has 0 atom stereocenters. The molecular weight excluding hydrogens is 312 g/mol. The number of hydrogen-bond donors (Lipinski definition) is 2. The van der Waals surface area contributed by atoms with E-state index in [4.69, 9.17) is 16.5 Å². The Morgan fingerprint density at radius 2 is 1.88 bits per heavy atom. The van der Waals surface area contributed by atoms with Gasteiger partial charge in [-0.1, -0.05) is 6.42 Å². The van der Waals surface area contributed by atoms with Gasteiger partial charge in [0, 0.05) is 28.8 Å². The molecule has 2 aromatic rings. The largest absolute Gasteiger partial charge is 0.369 e. The zero-order valence-corrected chi connectivity index (χ0v) is 15.0. The van der Waals surface area contributed by atoms with E-state index in [0.29, 0.717) is 11.9 Å². The van der Waals surface area contributed by atoms with Crippen LogP contribution in [0.3, 0.4) is 0 Å². The molecule has 1 spiro atoms. The number of nitrogens with two attached hydrogens (primary N) is 2. The van der Waals surface area contributed by atoms with Crippen LogP contribution in [0.2, 0.25) is 0 Å². The highest BCUT2D eigenvalue weighted by Gasteiger charge is 2.42. The van der Waals surface area contributed by atoms with Crippen molar-refractivity contribution in [1.82, 2.24) is 4.57 Å². The minimum absolute atomic E-state index is 0.296. The second kappa shape index (κ2) is 5.79. The van der Waals surface area contributed by atoms with E-state index in [0.717, 1.165) is 37.9 Å². The van der Waals surface area contributed by atoms with Gasteiger partial charge >= 0.3 is 0 Å². The molecule has 6 nitrogen and oxygen atoms in total. The molecule has 2 heterocycles. The summed E-state index contributed by atoms with van der Waals surface area (Å²) in [6, 6.07) is 8.73. The van der Waals surface area contributed by atoms with Crippen LogP contribution in [-0.2, 0) is 6.54 Å². The molecule has 2 aliphatic rings. The maximum atomic E-state index is 6.32. The van der Waals surface area contributed by atoms with Crippen LogP contribution in [0, 0.1) is 6.92 Å². The van der Waals surface area contributed by atoms with Crippen LogP contribution in [0.25, 0.3) is 10.9 Å². The predicted molar refractivity (Wildman–Crippen MR) is 104 cm³/mol. The molecule has 25 heavy (non-hydrogen) atoms. The van der Waals surface area contributed by atoms with Gasteiger partial charge < -0.3 is 16.0 Å². The number of aryl methyl sites for hydroxylation is 2. The summed E-state index contributed by atoms with van der Waals surface area (Å²) >= 11 is 0. The summed E-state index contributed by atoms with van der Waals surface area (Å²) in [5.41, 5.74) is 15.4. The number of nitrogens with zero attached hydrogens (tertiary/aromatic N) is 4. The standard InChI is InChI=1S/C19H26N6/c1-3-24-13(2)11-14-12-15(7-8-16(14)24)25-18(21)22-17(20)23-19(25)9-5-4-6-10-19/h7-8,11-12H,3-6,9-10H2,1-2H3,(H4,20,21,22,23). The lowest BCUT2D eigenvalue weighted by molar-refractivity contribution is 0.305. The monoisotopic (exact) mass is 338 g/mol. The van der Waals surface area contributed by atoms with Crippen molar-refractivity contribution in [3.63, 3.8) is 0 Å². The number of benzene rings is 1. The molecule has 4 N–H and O–H groups in total. The minimum atomic E-state index is -0.385. The highest BCUT2D eigenvalue weighted by Crippen LogP contribution is 2.40. The number of anilines is 1. The number of rotatable bonds is 2. The van der Waals surface area contributed by atoms with Gasteiger partial charge in [0.05, 0.1) is 0 Å². The highest BCUT2D eigenvalue weighted by atomic mass is 15.4. The maximum Gasteiger partial charge on any atom is 0.220 e.